The van der Waals surface area contributed by atoms with Crippen LogP contribution in [0.4, 0.5) is 0 Å². The molecule has 0 aliphatic carbocycles. The SMILES string of the molecule is C1=Cc2cc3ccc(cc4nc(cc5ccc(cc1n2)[nH]5)CC4)[nH]3.CNC(C)Cc1ccccc1. The van der Waals surface area contributed by atoms with Crippen LogP contribution in [0.2, 0.25) is 0 Å². The molecule has 176 valence electrons. The van der Waals surface area contributed by atoms with E-state index in [-0.39, 0.29) is 0 Å². The van der Waals surface area contributed by atoms with E-state index in [1.54, 1.807) is 0 Å². The number of aromatic amines is 2. The third kappa shape index (κ3) is 6.14. The number of aryl methyl sites for hydroxylation is 2. The third-order valence-electron chi connectivity index (χ3n) is 6.20. The van der Waals surface area contributed by atoms with Gasteiger partial charge in [0, 0.05) is 39.5 Å². The van der Waals surface area contributed by atoms with Gasteiger partial charge in [-0.25, -0.2) is 4.98 Å². The number of nitrogens with one attached hydrogen (secondary N) is 3. The molecule has 1 unspecified atom stereocenters. The Labute approximate surface area is 206 Å². The predicted molar refractivity (Wildman–Crippen MR) is 146 cm³/mol. The zero-order chi connectivity index (χ0) is 24.0. The second-order valence-corrected chi connectivity index (χ2v) is 9.08. The van der Waals surface area contributed by atoms with Gasteiger partial charge >= 0.3 is 0 Å². The van der Waals surface area contributed by atoms with Crippen molar-refractivity contribution in [2.45, 2.75) is 32.2 Å². The molecule has 3 N–H and O–H groups in total. The molecule has 5 nitrogen and oxygen atoms in total. The Bertz CT molecular complexity index is 1390. The normalized spacial score (nSPS) is 13.2. The molecule has 0 radical (unpaired) electrons. The maximum Gasteiger partial charge on any atom is 0.0658 e. The second kappa shape index (κ2) is 10.5. The Kier molecular flexibility index (Phi) is 6.87. The number of benzene rings is 1. The highest BCUT2D eigenvalue weighted by Gasteiger charge is 2.06. The van der Waals surface area contributed by atoms with Gasteiger partial charge in [-0.2, -0.15) is 0 Å². The van der Waals surface area contributed by atoms with Crippen molar-refractivity contribution in [3.05, 3.63) is 107 Å². The average molecular weight is 462 g/mol. The third-order valence-corrected chi connectivity index (χ3v) is 6.20. The van der Waals surface area contributed by atoms with Gasteiger partial charge in [-0.3, -0.25) is 4.98 Å². The maximum atomic E-state index is 4.75. The fourth-order valence-corrected chi connectivity index (χ4v) is 4.26. The molecule has 5 heteroatoms. The number of H-pyrrole nitrogens is 2. The first-order valence-electron chi connectivity index (χ1n) is 12.2. The zero-order valence-electron chi connectivity index (χ0n) is 20.3. The van der Waals surface area contributed by atoms with Gasteiger partial charge in [0.05, 0.1) is 11.4 Å². The second-order valence-electron chi connectivity index (χ2n) is 9.08. The van der Waals surface area contributed by atoms with Crippen LogP contribution in [0, 0.1) is 0 Å². The summed E-state index contributed by atoms with van der Waals surface area (Å²) in [6.07, 6.45) is 7.14. The molecule has 0 saturated heterocycles. The largest absolute Gasteiger partial charge is 0.355 e. The van der Waals surface area contributed by atoms with Crippen molar-refractivity contribution in [1.29, 1.82) is 0 Å². The van der Waals surface area contributed by atoms with Crippen molar-refractivity contribution >= 4 is 34.2 Å². The summed E-state index contributed by atoms with van der Waals surface area (Å²) in [6.45, 7) is 2.19. The van der Waals surface area contributed by atoms with Crippen LogP contribution in [-0.4, -0.2) is 33.0 Å². The van der Waals surface area contributed by atoms with Crippen molar-refractivity contribution in [1.82, 2.24) is 25.3 Å². The Morgan fingerprint density at radius 2 is 1.23 bits per heavy atom. The topological polar surface area (TPSA) is 69.4 Å². The molecule has 0 fully saturated rings. The van der Waals surface area contributed by atoms with Crippen LogP contribution in [0.3, 0.4) is 0 Å². The first-order chi connectivity index (χ1) is 17.1. The van der Waals surface area contributed by atoms with Crippen LogP contribution < -0.4 is 5.32 Å². The molecular formula is C30H31N5. The van der Waals surface area contributed by atoms with E-state index in [1.807, 2.05) is 25.3 Å². The van der Waals surface area contributed by atoms with Gasteiger partial charge < -0.3 is 15.3 Å². The summed E-state index contributed by atoms with van der Waals surface area (Å²) in [5.41, 5.74) is 9.80. The first kappa shape index (κ1) is 22.8. The summed E-state index contributed by atoms with van der Waals surface area (Å²) in [4.78, 5) is 16.2. The van der Waals surface area contributed by atoms with E-state index in [4.69, 9.17) is 4.98 Å². The van der Waals surface area contributed by atoms with Crippen molar-refractivity contribution in [3.63, 3.8) is 0 Å². The molecule has 2 aliphatic heterocycles. The van der Waals surface area contributed by atoms with Gasteiger partial charge in [-0.15, -0.1) is 0 Å². The summed E-state index contributed by atoms with van der Waals surface area (Å²) < 4.78 is 0. The van der Waals surface area contributed by atoms with Crippen molar-refractivity contribution in [2.24, 2.45) is 0 Å². The molecule has 8 bridgehead atoms. The molecule has 1 atom stereocenters. The summed E-state index contributed by atoms with van der Waals surface area (Å²) in [6, 6.07) is 27.8. The molecule has 1 aromatic carbocycles. The molecule has 6 rings (SSSR count). The molecule has 4 aromatic rings. The fraction of sp³-hybridized carbons (Fsp3) is 0.200. The van der Waals surface area contributed by atoms with E-state index in [0.29, 0.717) is 6.04 Å². The summed E-state index contributed by atoms with van der Waals surface area (Å²) in [5, 5.41) is 3.21. The Morgan fingerprint density at radius 3 is 1.74 bits per heavy atom. The lowest BCUT2D eigenvalue weighted by atomic mass is 10.1. The van der Waals surface area contributed by atoms with E-state index in [1.165, 1.54) is 5.56 Å². The quantitative estimate of drug-likeness (QED) is 0.304. The van der Waals surface area contributed by atoms with Gasteiger partial charge in [-0.05, 0) is 99.5 Å². The van der Waals surface area contributed by atoms with Crippen molar-refractivity contribution in [3.8, 4) is 0 Å². The van der Waals surface area contributed by atoms with Gasteiger partial charge in [0.2, 0.25) is 0 Å². The fourth-order valence-electron chi connectivity index (χ4n) is 4.26. The molecule has 0 amide bonds. The monoisotopic (exact) mass is 461 g/mol. The van der Waals surface area contributed by atoms with E-state index >= 15 is 0 Å². The van der Waals surface area contributed by atoms with Crippen LogP contribution in [0.25, 0.3) is 34.2 Å². The van der Waals surface area contributed by atoms with E-state index in [9.17, 15) is 0 Å². The zero-order valence-corrected chi connectivity index (χ0v) is 20.3. The number of likely N-dealkylation sites (N-methyl/N-ethyl adjacent to an activating group) is 1. The van der Waals surface area contributed by atoms with Crippen molar-refractivity contribution < 1.29 is 0 Å². The van der Waals surface area contributed by atoms with Gasteiger partial charge in [0.15, 0.2) is 0 Å². The highest BCUT2D eigenvalue weighted by Crippen LogP contribution is 2.16. The lowest BCUT2D eigenvalue weighted by Crippen LogP contribution is -2.23. The number of rotatable bonds is 3. The van der Waals surface area contributed by atoms with Crippen LogP contribution in [0.5, 0.6) is 0 Å². The minimum Gasteiger partial charge on any atom is -0.355 e. The molecule has 35 heavy (non-hydrogen) atoms. The van der Waals surface area contributed by atoms with Crippen molar-refractivity contribution in [2.75, 3.05) is 7.05 Å². The molecule has 0 spiro atoms. The van der Waals surface area contributed by atoms with E-state index in [2.05, 4.69) is 100.0 Å². The molecule has 5 heterocycles. The van der Waals surface area contributed by atoms with Gasteiger partial charge in [0.1, 0.15) is 0 Å². The van der Waals surface area contributed by atoms with Crippen LogP contribution in [0.1, 0.15) is 35.3 Å². The number of nitrogens with zero attached hydrogens (tertiary/aromatic N) is 2. The van der Waals surface area contributed by atoms with Crippen LogP contribution in [0.15, 0.2) is 78.9 Å². The first-order valence-corrected chi connectivity index (χ1v) is 12.2. The Balaban J connectivity index is 0.000000195. The molecule has 2 aliphatic rings. The Hall–Kier alpha value is -3.96. The lowest BCUT2D eigenvalue weighted by Gasteiger charge is -2.08. The van der Waals surface area contributed by atoms with E-state index < -0.39 is 0 Å². The van der Waals surface area contributed by atoms with Crippen LogP contribution >= 0.6 is 0 Å². The average Bonchev–Trinajstić information content (AvgIpc) is 3.66. The van der Waals surface area contributed by atoms with Gasteiger partial charge in [0.25, 0.3) is 0 Å². The maximum absolute atomic E-state index is 4.75. The van der Waals surface area contributed by atoms with Gasteiger partial charge in [-0.1, -0.05) is 30.3 Å². The Morgan fingerprint density at radius 1 is 0.714 bits per heavy atom. The van der Waals surface area contributed by atoms with E-state index in [0.717, 1.165) is 64.1 Å². The molecule has 3 aromatic heterocycles. The predicted octanol–water partition coefficient (Wildman–Crippen LogP) is 6.11. The molecular weight excluding hydrogens is 430 g/mol. The number of hydrogen-bond acceptors (Lipinski definition) is 3. The summed E-state index contributed by atoms with van der Waals surface area (Å²) in [5.74, 6) is 0. The highest BCUT2D eigenvalue weighted by atomic mass is 14.8. The number of hydrogen-bond donors (Lipinski definition) is 3. The number of fused-ring (bicyclic) bond motifs is 8. The summed E-state index contributed by atoms with van der Waals surface area (Å²) in [7, 11) is 1.99. The minimum absolute atomic E-state index is 0.567. The van der Waals surface area contributed by atoms with Crippen LogP contribution in [-0.2, 0) is 19.3 Å². The number of aromatic nitrogens is 4. The standard InChI is InChI=1S/C20H16N4.C10H15N/c1-2-14-10-16-5-6-18(23-16)12-20-8-7-19(24-20)11-17-4-3-15(22-17)9-13(1)21-14;1-9(11-2)8-10-6-4-3-5-7-10/h1-6,9-12,22-23H,7-8H2;3-7,9,11H,8H2,1-2H3. The highest BCUT2D eigenvalue weighted by molar-refractivity contribution is 5.74. The smallest absolute Gasteiger partial charge is 0.0658 e. The lowest BCUT2D eigenvalue weighted by molar-refractivity contribution is 0.608. The summed E-state index contributed by atoms with van der Waals surface area (Å²) >= 11 is 0. The minimum atomic E-state index is 0.567. The molecule has 0 saturated carbocycles.